The van der Waals surface area contributed by atoms with E-state index in [1.165, 1.54) is 37.4 Å². The second-order valence-corrected chi connectivity index (χ2v) is 2.99. The Bertz CT molecular complexity index is 372. The van der Waals surface area contributed by atoms with Crippen LogP contribution in [-0.4, -0.2) is 27.9 Å². The van der Waals surface area contributed by atoms with Crippen molar-refractivity contribution in [2.45, 2.75) is 12.6 Å². The molecule has 0 fully saturated rings. The highest BCUT2D eigenvalue weighted by molar-refractivity contribution is 5.75. The van der Waals surface area contributed by atoms with E-state index in [0.717, 1.165) is 0 Å². The maximum atomic E-state index is 10.9. The Morgan fingerprint density at radius 2 is 2.33 bits per heavy atom. The van der Waals surface area contributed by atoms with E-state index in [2.05, 4.69) is 4.99 Å². The van der Waals surface area contributed by atoms with Crippen molar-refractivity contribution in [1.82, 2.24) is 0 Å². The SMILES string of the molecule is CC=N[C@]1([N+](=O)[O-])C=CC=C[C@H]1C(=O)O. The van der Waals surface area contributed by atoms with Gasteiger partial charge < -0.3 is 5.11 Å². The molecule has 1 aliphatic rings. The third-order valence-corrected chi connectivity index (χ3v) is 2.11. The minimum Gasteiger partial charge on any atom is -0.481 e. The van der Waals surface area contributed by atoms with E-state index in [1.54, 1.807) is 0 Å². The van der Waals surface area contributed by atoms with Crippen LogP contribution in [0.5, 0.6) is 0 Å². The van der Waals surface area contributed by atoms with Gasteiger partial charge in [-0.15, -0.1) is 0 Å². The van der Waals surface area contributed by atoms with Crippen LogP contribution in [0.2, 0.25) is 0 Å². The third kappa shape index (κ3) is 1.78. The largest absolute Gasteiger partial charge is 0.481 e. The molecule has 0 saturated carbocycles. The minimum atomic E-state index is -1.91. The number of aliphatic imine (C=N–C) groups is 1. The van der Waals surface area contributed by atoms with E-state index in [0.29, 0.717) is 0 Å². The molecule has 0 aromatic carbocycles. The molecule has 0 bridgehead atoms. The zero-order valence-corrected chi connectivity index (χ0v) is 8.03. The van der Waals surface area contributed by atoms with Gasteiger partial charge in [-0.2, -0.15) is 0 Å². The molecule has 2 atom stereocenters. The number of aliphatic carboxylic acids is 1. The lowest BCUT2D eigenvalue weighted by Crippen LogP contribution is -2.46. The van der Waals surface area contributed by atoms with Crippen LogP contribution in [-0.2, 0) is 4.79 Å². The highest BCUT2D eigenvalue weighted by Crippen LogP contribution is 2.29. The van der Waals surface area contributed by atoms with Crippen LogP contribution in [0.25, 0.3) is 0 Å². The van der Waals surface area contributed by atoms with Crippen LogP contribution >= 0.6 is 0 Å². The van der Waals surface area contributed by atoms with Gasteiger partial charge in [0.25, 0.3) is 0 Å². The summed E-state index contributed by atoms with van der Waals surface area (Å²) in [5, 5.41) is 19.8. The molecule has 1 N–H and O–H groups in total. The number of carbonyl (C=O) groups is 1. The topological polar surface area (TPSA) is 92.8 Å². The summed E-state index contributed by atoms with van der Waals surface area (Å²) < 4.78 is 0. The Hall–Kier alpha value is -1.98. The summed E-state index contributed by atoms with van der Waals surface area (Å²) >= 11 is 0. The zero-order valence-electron chi connectivity index (χ0n) is 8.03. The average Bonchev–Trinajstić information content (AvgIpc) is 2.18. The molecule has 1 rings (SSSR count). The number of nitro groups is 1. The van der Waals surface area contributed by atoms with Crippen molar-refractivity contribution in [3.8, 4) is 0 Å². The van der Waals surface area contributed by atoms with Crippen LogP contribution in [0.1, 0.15) is 6.92 Å². The van der Waals surface area contributed by atoms with Crippen molar-refractivity contribution in [2.24, 2.45) is 10.9 Å². The predicted molar refractivity (Wildman–Crippen MR) is 53.3 cm³/mol. The first-order chi connectivity index (χ1) is 7.04. The number of carboxylic acids is 1. The maximum absolute atomic E-state index is 10.9. The molecule has 0 heterocycles. The Labute approximate surface area is 85.8 Å². The first-order valence-corrected chi connectivity index (χ1v) is 4.28. The highest BCUT2D eigenvalue weighted by Gasteiger charge is 2.51. The first-order valence-electron chi connectivity index (χ1n) is 4.28. The van der Waals surface area contributed by atoms with Crippen molar-refractivity contribution in [3.63, 3.8) is 0 Å². The fraction of sp³-hybridized carbons (Fsp3) is 0.333. The van der Waals surface area contributed by atoms with Crippen molar-refractivity contribution >= 4 is 12.2 Å². The number of carboxylic acid groups (broad SMARTS) is 1. The summed E-state index contributed by atoms with van der Waals surface area (Å²) in [5.74, 6) is -2.54. The van der Waals surface area contributed by atoms with E-state index in [-0.39, 0.29) is 0 Å². The van der Waals surface area contributed by atoms with E-state index in [4.69, 9.17) is 5.11 Å². The van der Waals surface area contributed by atoms with Crippen molar-refractivity contribution in [2.75, 3.05) is 0 Å². The number of hydrogen-bond donors (Lipinski definition) is 1. The van der Waals surface area contributed by atoms with Gasteiger partial charge in [0.1, 0.15) is 0 Å². The molecule has 80 valence electrons. The minimum absolute atomic E-state index is 0.689. The summed E-state index contributed by atoms with van der Waals surface area (Å²) in [6, 6.07) is 0. The van der Waals surface area contributed by atoms with Crippen molar-refractivity contribution in [3.05, 3.63) is 34.4 Å². The molecule has 0 aromatic heterocycles. The van der Waals surface area contributed by atoms with E-state index in [9.17, 15) is 14.9 Å². The van der Waals surface area contributed by atoms with Gasteiger partial charge in [0, 0.05) is 12.3 Å². The zero-order chi connectivity index (χ0) is 11.5. The third-order valence-electron chi connectivity index (χ3n) is 2.11. The Balaban J connectivity index is 3.25. The molecule has 0 aromatic rings. The van der Waals surface area contributed by atoms with Crippen LogP contribution in [0.4, 0.5) is 0 Å². The van der Waals surface area contributed by atoms with Gasteiger partial charge in [-0.05, 0) is 6.92 Å². The predicted octanol–water partition coefficient (Wildman–Crippen LogP) is 0.877. The molecular weight excluding hydrogens is 200 g/mol. The van der Waals surface area contributed by atoms with Crippen LogP contribution in [0.3, 0.4) is 0 Å². The molecule has 0 radical (unpaired) electrons. The summed E-state index contributed by atoms with van der Waals surface area (Å²) in [4.78, 5) is 24.8. The van der Waals surface area contributed by atoms with Gasteiger partial charge in [-0.25, -0.2) is 4.99 Å². The van der Waals surface area contributed by atoms with Crippen LogP contribution < -0.4 is 0 Å². The van der Waals surface area contributed by atoms with E-state index >= 15 is 0 Å². The second kappa shape index (κ2) is 4.04. The van der Waals surface area contributed by atoms with Crippen molar-refractivity contribution in [1.29, 1.82) is 0 Å². The molecule has 15 heavy (non-hydrogen) atoms. The lowest BCUT2D eigenvalue weighted by atomic mass is 9.89. The molecule has 0 unspecified atom stereocenters. The number of hydrogen-bond acceptors (Lipinski definition) is 4. The van der Waals surface area contributed by atoms with Crippen LogP contribution in [0, 0.1) is 16.0 Å². The van der Waals surface area contributed by atoms with Crippen molar-refractivity contribution < 1.29 is 14.8 Å². The molecule has 0 amide bonds. The van der Waals surface area contributed by atoms with Gasteiger partial charge in [-0.3, -0.25) is 14.9 Å². The Morgan fingerprint density at radius 3 is 2.80 bits per heavy atom. The molecule has 0 aliphatic heterocycles. The molecule has 6 heteroatoms. The monoisotopic (exact) mass is 210 g/mol. The normalized spacial score (nSPS) is 29.5. The van der Waals surface area contributed by atoms with E-state index in [1.807, 2.05) is 0 Å². The summed E-state index contributed by atoms with van der Waals surface area (Å²) in [5.41, 5.74) is -1.91. The van der Waals surface area contributed by atoms with Gasteiger partial charge >= 0.3 is 11.6 Å². The lowest BCUT2D eigenvalue weighted by molar-refractivity contribution is -0.558. The smallest absolute Gasteiger partial charge is 0.348 e. The molecule has 1 aliphatic carbocycles. The number of nitrogens with zero attached hydrogens (tertiary/aromatic N) is 2. The fourth-order valence-electron chi connectivity index (χ4n) is 1.43. The van der Waals surface area contributed by atoms with Gasteiger partial charge in [-0.1, -0.05) is 18.2 Å². The lowest BCUT2D eigenvalue weighted by Gasteiger charge is -2.23. The summed E-state index contributed by atoms with van der Waals surface area (Å²) in [6.07, 6.45) is 6.58. The van der Waals surface area contributed by atoms with Gasteiger partial charge in [0.05, 0.1) is 4.92 Å². The molecule has 6 nitrogen and oxygen atoms in total. The Kier molecular flexibility index (Phi) is 2.99. The standard InChI is InChI=1S/C9H10N2O4/c1-2-10-9(11(14)15)6-4-3-5-7(9)8(12)13/h2-7H,1H3,(H,12,13)/t7-,9-/m0/s1. The Morgan fingerprint density at radius 1 is 1.67 bits per heavy atom. The number of allylic oxidation sites excluding steroid dienone is 2. The number of rotatable bonds is 3. The maximum Gasteiger partial charge on any atom is 0.348 e. The van der Waals surface area contributed by atoms with E-state index < -0.39 is 22.5 Å². The van der Waals surface area contributed by atoms with Gasteiger partial charge in [0.2, 0.25) is 0 Å². The average molecular weight is 210 g/mol. The molecule has 0 saturated heterocycles. The quantitative estimate of drug-likeness (QED) is 0.425. The van der Waals surface area contributed by atoms with Crippen LogP contribution in [0.15, 0.2) is 29.3 Å². The highest BCUT2D eigenvalue weighted by atomic mass is 16.6. The summed E-state index contributed by atoms with van der Waals surface area (Å²) in [7, 11) is 0. The molecular formula is C9H10N2O4. The first kappa shape index (κ1) is 11.1. The second-order valence-electron chi connectivity index (χ2n) is 2.99. The van der Waals surface area contributed by atoms with Gasteiger partial charge in [0.15, 0.2) is 5.92 Å². The molecule has 0 spiro atoms. The summed E-state index contributed by atoms with van der Waals surface area (Å²) in [6.45, 7) is 1.51. The fourth-order valence-corrected chi connectivity index (χ4v) is 1.43.